The number of nitro groups is 1. The molecule has 2 aliphatic rings. The lowest BCUT2D eigenvalue weighted by Crippen LogP contribution is -2.47. The van der Waals surface area contributed by atoms with Gasteiger partial charge in [-0.1, -0.05) is 29.8 Å². The first-order valence-corrected chi connectivity index (χ1v) is 9.44. The van der Waals surface area contributed by atoms with Crippen LogP contribution in [0, 0.1) is 17.0 Å². The van der Waals surface area contributed by atoms with E-state index in [1.54, 1.807) is 12.1 Å². The molecule has 0 fully saturated rings. The van der Waals surface area contributed by atoms with Gasteiger partial charge in [0.25, 0.3) is 17.2 Å². The van der Waals surface area contributed by atoms with Gasteiger partial charge in [-0.25, -0.2) is 0 Å². The molecule has 4 rings (SSSR count). The highest BCUT2D eigenvalue weighted by atomic mass is 16.6. The Hall–Kier alpha value is -2.73. The van der Waals surface area contributed by atoms with Gasteiger partial charge in [-0.05, 0) is 38.3 Å². The van der Waals surface area contributed by atoms with Gasteiger partial charge in [-0.3, -0.25) is 14.7 Å². The fraction of sp³-hybridized carbons (Fsp3) is 0.381. The Bertz CT molecular complexity index is 907. The summed E-state index contributed by atoms with van der Waals surface area (Å²) in [6.45, 7) is 3.35. The summed E-state index contributed by atoms with van der Waals surface area (Å²) >= 11 is 0. The summed E-state index contributed by atoms with van der Waals surface area (Å²) in [5.41, 5.74) is 1.29. The van der Waals surface area contributed by atoms with Gasteiger partial charge in [-0.2, -0.15) is 4.90 Å². The van der Waals surface area contributed by atoms with Gasteiger partial charge >= 0.3 is 0 Å². The molecule has 2 aromatic rings. The number of aliphatic hydroxyl groups is 1. The van der Waals surface area contributed by atoms with E-state index in [0.717, 1.165) is 42.9 Å². The maximum Gasteiger partial charge on any atom is 0.275 e. The molecule has 2 aromatic carbocycles. The Morgan fingerprint density at radius 1 is 1.15 bits per heavy atom. The van der Waals surface area contributed by atoms with E-state index in [9.17, 15) is 15.2 Å². The van der Waals surface area contributed by atoms with E-state index in [0.29, 0.717) is 12.1 Å². The Kier molecular flexibility index (Phi) is 4.44. The van der Waals surface area contributed by atoms with Crippen molar-refractivity contribution in [3.63, 3.8) is 0 Å². The van der Waals surface area contributed by atoms with Crippen molar-refractivity contribution in [2.24, 2.45) is 0 Å². The third kappa shape index (κ3) is 3.10. The number of non-ortho nitro benzene ring substituents is 1. The smallest absolute Gasteiger partial charge is 0.275 e. The van der Waals surface area contributed by atoms with Crippen LogP contribution in [0.15, 0.2) is 48.5 Å². The van der Waals surface area contributed by atoms with Crippen LogP contribution in [0.2, 0.25) is 0 Å². The molecular formula is C21H24N3O3+. The van der Waals surface area contributed by atoms with Crippen molar-refractivity contribution in [3.05, 3.63) is 69.8 Å². The number of hydrogen-bond donors (Lipinski definition) is 1. The van der Waals surface area contributed by atoms with Gasteiger partial charge < -0.3 is 5.11 Å². The third-order valence-electron chi connectivity index (χ3n) is 5.54. The van der Waals surface area contributed by atoms with Gasteiger partial charge in [0.15, 0.2) is 6.54 Å². The number of amidine groups is 1. The van der Waals surface area contributed by atoms with Gasteiger partial charge in [-0.15, -0.1) is 0 Å². The molecule has 1 atom stereocenters. The van der Waals surface area contributed by atoms with E-state index in [1.807, 2.05) is 36.1 Å². The zero-order chi connectivity index (χ0) is 19.0. The number of nitrogens with zero attached hydrogens (tertiary/aromatic N) is 3. The first-order valence-electron chi connectivity index (χ1n) is 9.44. The van der Waals surface area contributed by atoms with Gasteiger partial charge in [0, 0.05) is 24.1 Å². The number of benzene rings is 2. The Morgan fingerprint density at radius 2 is 1.93 bits per heavy atom. The summed E-state index contributed by atoms with van der Waals surface area (Å²) in [5.74, 6) is 1.10. The van der Waals surface area contributed by atoms with E-state index < -0.39 is 10.6 Å². The summed E-state index contributed by atoms with van der Waals surface area (Å²) in [5, 5.41) is 23.1. The monoisotopic (exact) mass is 366 g/mol. The lowest BCUT2D eigenvalue weighted by molar-refractivity contribution is -0.534. The van der Waals surface area contributed by atoms with E-state index >= 15 is 0 Å². The molecule has 0 aromatic heterocycles. The number of nitro benzene ring substituents is 1. The molecule has 6 nitrogen and oxygen atoms in total. The first kappa shape index (κ1) is 17.7. The second-order valence-corrected chi connectivity index (χ2v) is 7.44. The van der Waals surface area contributed by atoms with Crippen molar-refractivity contribution in [2.45, 2.75) is 38.3 Å². The van der Waals surface area contributed by atoms with Crippen LogP contribution in [0.4, 0.5) is 11.4 Å². The standard InChI is InChI=1S/C21H24N3O3/c1-16-9-11-18(12-10-16)23-20-8-3-2-4-13-22(20)15-21(23,25)17-6-5-7-19(14-17)24(26)27/h5-7,9-12,14,25H,2-4,8,13,15H2,1H3/q+1/t21-/m0/s1. The van der Waals surface area contributed by atoms with Crippen molar-refractivity contribution in [3.8, 4) is 0 Å². The minimum Gasteiger partial charge on any atom is -0.346 e. The van der Waals surface area contributed by atoms with E-state index in [2.05, 4.69) is 4.58 Å². The van der Waals surface area contributed by atoms with Crippen LogP contribution in [-0.2, 0) is 5.72 Å². The normalized spacial score (nSPS) is 22.5. The largest absolute Gasteiger partial charge is 0.346 e. The van der Waals surface area contributed by atoms with E-state index in [-0.39, 0.29) is 5.69 Å². The summed E-state index contributed by atoms with van der Waals surface area (Å²) in [7, 11) is 0. The van der Waals surface area contributed by atoms with Crippen LogP contribution in [0.25, 0.3) is 0 Å². The molecule has 0 radical (unpaired) electrons. The average Bonchev–Trinajstić information content (AvgIpc) is 2.79. The molecule has 27 heavy (non-hydrogen) atoms. The molecule has 0 saturated heterocycles. The molecule has 2 aliphatic heterocycles. The van der Waals surface area contributed by atoms with Crippen molar-refractivity contribution >= 4 is 17.2 Å². The quantitative estimate of drug-likeness (QED) is 0.512. The lowest BCUT2D eigenvalue weighted by atomic mass is 9.99. The molecular weight excluding hydrogens is 342 g/mol. The minimum atomic E-state index is -1.33. The summed E-state index contributed by atoms with van der Waals surface area (Å²) in [6.07, 6.45) is 4.25. The third-order valence-corrected chi connectivity index (χ3v) is 5.54. The molecule has 0 aliphatic carbocycles. The topological polar surface area (TPSA) is 69.6 Å². The van der Waals surface area contributed by atoms with Gasteiger partial charge in [0.2, 0.25) is 0 Å². The van der Waals surface area contributed by atoms with Crippen LogP contribution in [0.5, 0.6) is 0 Å². The predicted octanol–water partition coefficient (Wildman–Crippen LogP) is 3.55. The number of rotatable bonds is 3. The van der Waals surface area contributed by atoms with Crippen molar-refractivity contribution in [2.75, 3.05) is 18.0 Å². The van der Waals surface area contributed by atoms with Crippen molar-refractivity contribution in [1.82, 2.24) is 0 Å². The van der Waals surface area contributed by atoms with E-state index in [1.165, 1.54) is 18.6 Å². The Morgan fingerprint density at radius 3 is 2.67 bits per heavy atom. The van der Waals surface area contributed by atoms with Crippen molar-refractivity contribution < 1.29 is 14.6 Å². The van der Waals surface area contributed by atoms with Crippen LogP contribution >= 0.6 is 0 Å². The molecule has 6 heteroatoms. The minimum absolute atomic E-state index is 0.00289. The summed E-state index contributed by atoms with van der Waals surface area (Å²) in [4.78, 5) is 12.8. The van der Waals surface area contributed by atoms with Crippen LogP contribution < -0.4 is 4.90 Å². The van der Waals surface area contributed by atoms with E-state index in [4.69, 9.17) is 0 Å². The number of hydrogen-bond acceptors (Lipinski definition) is 4. The second-order valence-electron chi connectivity index (χ2n) is 7.44. The highest BCUT2D eigenvalue weighted by Crippen LogP contribution is 2.38. The molecule has 0 bridgehead atoms. The molecule has 0 spiro atoms. The number of aryl methyl sites for hydroxylation is 1. The lowest BCUT2D eigenvalue weighted by Gasteiger charge is -2.29. The van der Waals surface area contributed by atoms with Crippen LogP contribution in [0.1, 0.15) is 36.8 Å². The fourth-order valence-corrected chi connectivity index (χ4v) is 4.17. The zero-order valence-corrected chi connectivity index (χ0v) is 15.5. The molecule has 0 amide bonds. The SMILES string of the molecule is Cc1ccc(N2C3=[N+](CCCCC3)C[C@]2(O)c2cccc([N+](=O)[O-])c2)cc1. The number of anilines is 1. The summed E-state index contributed by atoms with van der Waals surface area (Å²) in [6, 6.07) is 14.5. The molecule has 2 heterocycles. The second kappa shape index (κ2) is 6.78. The maximum atomic E-state index is 11.8. The molecule has 0 saturated carbocycles. The maximum absolute atomic E-state index is 11.8. The molecule has 1 N–H and O–H groups in total. The van der Waals surface area contributed by atoms with Crippen LogP contribution in [-0.4, -0.2) is 33.5 Å². The first-order chi connectivity index (χ1) is 13.0. The highest BCUT2D eigenvalue weighted by Gasteiger charge is 2.54. The summed E-state index contributed by atoms with van der Waals surface area (Å²) < 4.78 is 2.24. The zero-order valence-electron chi connectivity index (χ0n) is 15.5. The highest BCUT2D eigenvalue weighted by molar-refractivity contribution is 5.97. The fourth-order valence-electron chi connectivity index (χ4n) is 4.17. The average molecular weight is 366 g/mol. The van der Waals surface area contributed by atoms with Crippen molar-refractivity contribution in [1.29, 1.82) is 0 Å². The van der Waals surface area contributed by atoms with Crippen LogP contribution in [0.3, 0.4) is 0 Å². The van der Waals surface area contributed by atoms with Gasteiger partial charge in [0.05, 0.1) is 11.5 Å². The molecule has 140 valence electrons. The Balaban J connectivity index is 1.84. The predicted molar refractivity (Wildman–Crippen MR) is 104 cm³/mol. The Labute approximate surface area is 158 Å². The van der Waals surface area contributed by atoms with Gasteiger partial charge in [0.1, 0.15) is 5.69 Å². The molecule has 0 unspecified atom stereocenters.